The Balaban J connectivity index is 1.05. The molecule has 0 atom stereocenters. The van der Waals surface area contributed by atoms with E-state index in [0.29, 0.717) is 17.5 Å². The van der Waals surface area contributed by atoms with Crippen LogP contribution in [0.2, 0.25) is 0 Å². The van der Waals surface area contributed by atoms with E-state index < -0.39 is 0 Å². The van der Waals surface area contributed by atoms with Gasteiger partial charge in [0.2, 0.25) is 0 Å². The monoisotopic (exact) mass is 713 g/mol. The molecule has 0 saturated carbocycles. The molecule has 56 heavy (non-hydrogen) atoms. The first-order valence-corrected chi connectivity index (χ1v) is 18.9. The number of hydrogen-bond donors (Lipinski definition) is 0. The zero-order chi connectivity index (χ0) is 37.3. The first-order valence-electron chi connectivity index (χ1n) is 18.9. The van der Waals surface area contributed by atoms with E-state index in [0.717, 1.165) is 49.7 Å². The largest absolute Gasteiger partial charge is 0.208 e. The van der Waals surface area contributed by atoms with Crippen molar-refractivity contribution in [3.8, 4) is 78.7 Å². The van der Waals surface area contributed by atoms with Crippen LogP contribution in [-0.4, -0.2) is 15.0 Å². The molecule has 0 unspecified atom stereocenters. The third kappa shape index (κ3) is 6.52. The average molecular weight is 714 g/mol. The number of benzene rings is 9. The molecule has 0 aliphatic carbocycles. The van der Waals surface area contributed by atoms with Gasteiger partial charge in [0.1, 0.15) is 0 Å². The second-order valence-electron chi connectivity index (χ2n) is 14.1. The fourth-order valence-corrected chi connectivity index (χ4v) is 7.57. The molecule has 0 amide bonds. The van der Waals surface area contributed by atoms with Gasteiger partial charge < -0.3 is 0 Å². The molecule has 0 aliphatic heterocycles. The van der Waals surface area contributed by atoms with Gasteiger partial charge in [-0.3, -0.25) is 0 Å². The summed E-state index contributed by atoms with van der Waals surface area (Å²) >= 11 is 0. The van der Waals surface area contributed by atoms with Crippen LogP contribution >= 0.6 is 0 Å². The molecule has 0 spiro atoms. The van der Waals surface area contributed by atoms with Crippen molar-refractivity contribution < 1.29 is 0 Å². The molecule has 262 valence electrons. The van der Waals surface area contributed by atoms with Gasteiger partial charge in [0.15, 0.2) is 17.5 Å². The minimum atomic E-state index is 0.630. The van der Waals surface area contributed by atoms with E-state index in [9.17, 15) is 0 Å². The number of hydrogen-bond acceptors (Lipinski definition) is 3. The van der Waals surface area contributed by atoms with Crippen LogP contribution in [0.15, 0.2) is 212 Å². The highest BCUT2D eigenvalue weighted by atomic mass is 15.0. The Bertz CT molecular complexity index is 3000. The van der Waals surface area contributed by atoms with Gasteiger partial charge in [-0.15, -0.1) is 0 Å². The van der Waals surface area contributed by atoms with Gasteiger partial charge in [-0.05, 0) is 90.3 Å². The molecule has 3 nitrogen and oxygen atoms in total. The second-order valence-corrected chi connectivity index (χ2v) is 14.1. The fraction of sp³-hybridized carbons (Fsp3) is 0. The van der Waals surface area contributed by atoms with Crippen LogP contribution in [0, 0.1) is 0 Å². The van der Waals surface area contributed by atoms with Crippen molar-refractivity contribution in [2.75, 3.05) is 0 Å². The summed E-state index contributed by atoms with van der Waals surface area (Å²) in [5.41, 5.74) is 12.1. The molecule has 10 aromatic rings. The second kappa shape index (κ2) is 14.4. The summed E-state index contributed by atoms with van der Waals surface area (Å²) in [7, 11) is 0. The molecule has 0 fully saturated rings. The van der Waals surface area contributed by atoms with Gasteiger partial charge >= 0.3 is 0 Å². The molecule has 0 bridgehead atoms. The maximum atomic E-state index is 5.17. The molecule has 10 rings (SSSR count). The molecule has 3 heteroatoms. The summed E-state index contributed by atoms with van der Waals surface area (Å²) in [6.07, 6.45) is 0. The Morgan fingerprint density at radius 1 is 0.214 bits per heavy atom. The van der Waals surface area contributed by atoms with E-state index in [1.807, 2.05) is 6.07 Å². The lowest BCUT2D eigenvalue weighted by molar-refractivity contribution is 1.08. The summed E-state index contributed by atoms with van der Waals surface area (Å²) in [4.78, 5) is 15.5. The van der Waals surface area contributed by atoms with Gasteiger partial charge in [0.05, 0.1) is 0 Å². The first kappa shape index (κ1) is 33.1. The molecule has 0 radical (unpaired) electrons. The van der Waals surface area contributed by atoms with Crippen LogP contribution in [0.5, 0.6) is 0 Å². The third-order valence-electron chi connectivity index (χ3n) is 10.5. The lowest BCUT2D eigenvalue weighted by Crippen LogP contribution is -2.01. The maximum Gasteiger partial charge on any atom is 0.164 e. The highest BCUT2D eigenvalue weighted by Crippen LogP contribution is 2.34. The summed E-state index contributed by atoms with van der Waals surface area (Å²) < 4.78 is 0. The normalized spacial score (nSPS) is 11.2. The fourth-order valence-electron chi connectivity index (χ4n) is 7.57. The SMILES string of the molecule is c1ccc(-c2ccc(-c3cccc(-c4nc(-c5cccc(-c6ccc7cc(-c8ccccc8)ccc7c6)c5)nc(-c5cccc6ccccc56)n4)c3)cc2)cc1. The quantitative estimate of drug-likeness (QED) is 0.165. The van der Waals surface area contributed by atoms with E-state index in [-0.39, 0.29) is 0 Å². The van der Waals surface area contributed by atoms with Crippen LogP contribution < -0.4 is 0 Å². The van der Waals surface area contributed by atoms with Crippen LogP contribution in [-0.2, 0) is 0 Å². The van der Waals surface area contributed by atoms with Gasteiger partial charge in [-0.2, -0.15) is 0 Å². The van der Waals surface area contributed by atoms with Gasteiger partial charge in [0.25, 0.3) is 0 Å². The molecule has 0 aliphatic rings. The standard InChI is InChI=1S/C53H35N3/c1-3-12-36(13-4-1)38-24-26-39(27-25-38)41-18-9-20-47(34-41)51-54-52(56-53(55-51)50-23-11-17-40-16-7-8-22-49(40)50)48-21-10-19-42(35-48)44-30-31-45-32-43(28-29-46(45)33-44)37-14-5-2-6-15-37/h1-35H. The molecule has 1 aromatic heterocycles. The summed E-state index contributed by atoms with van der Waals surface area (Å²) in [6, 6.07) is 74.8. The van der Waals surface area contributed by atoms with Gasteiger partial charge in [0, 0.05) is 16.7 Å². The first-order chi connectivity index (χ1) is 27.7. The van der Waals surface area contributed by atoms with E-state index in [2.05, 4.69) is 206 Å². The minimum Gasteiger partial charge on any atom is -0.208 e. The van der Waals surface area contributed by atoms with E-state index in [1.165, 1.54) is 33.0 Å². The lowest BCUT2D eigenvalue weighted by Gasteiger charge is -2.12. The molecule has 0 N–H and O–H groups in total. The van der Waals surface area contributed by atoms with Crippen molar-refractivity contribution in [1.82, 2.24) is 15.0 Å². The van der Waals surface area contributed by atoms with E-state index in [4.69, 9.17) is 15.0 Å². The van der Waals surface area contributed by atoms with Crippen LogP contribution in [0.25, 0.3) is 100 Å². The van der Waals surface area contributed by atoms with Crippen molar-refractivity contribution in [2.24, 2.45) is 0 Å². The van der Waals surface area contributed by atoms with Gasteiger partial charge in [-0.25, -0.2) is 15.0 Å². The summed E-state index contributed by atoms with van der Waals surface area (Å²) in [6.45, 7) is 0. The Kier molecular flexibility index (Phi) is 8.51. The number of fused-ring (bicyclic) bond motifs is 2. The molecule has 0 saturated heterocycles. The van der Waals surface area contributed by atoms with Gasteiger partial charge in [-0.1, -0.05) is 188 Å². The zero-order valence-corrected chi connectivity index (χ0v) is 30.5. The summed E-state index contributed by atoms with van der Waals surface area (Å²) in [5, 5.41) is 4.65. The van der Waals surface area contributed by atoms with Crippen molar-refractivity contribution in [1.29, 1.82) is 0 Å². The minimum absolute atomic E-state index is 0.630. The Morgan fingerprint density at radius 2 is 0.589 bits per heavy atom. The smallest absolute Gasteiger partial charge is 0.164 e. The zero-order valence-electron chi connectivity index (χ0n) is 30.5. The highest BCUT2D eigenvalue weighted by Gasteiger charge is 2.16. The number of aromatic nitrogens is 3. The van der Waals surface area contributed by atoms with Crippen LogP contribution in [0.3, 0.4) is 0 Å². The maximum absolute atomic E-state index is 5.17. The lowest BCUT2D eigenvalue weighted by atomic mass is 9.97. The molecular formula is C53H35N3. The Labute approximate surface area is 326 Å². The van der Waals surface area contributed by atoms with Crippen molar-refractivity contribution in [3.05, 3.63) is 212 Å². The molecule has 1 heterocycles. The summed E-state index contributed by atoms with van der Waals surface area (Å²) in [5.74, 6) is 1.90. The van der Waals surface area contributed by atoms with Crippen molar-refractivity contribution in [2.45, 2.75) is 0 Å². The molecular weight excluding hydrogens is 679 g/mol. The Morgan fingerprint density at radius 3 is 1.21 bits per heavy atom. The van der Waals surface area contributed by atoms with E-state index >= 15 is 0 Å². The van der Waals surface area contributed by atoms with E-state index in [1.54, 1.807) is 0 Å². The average Bonchev–Trinajstić information content (AvgIpc) is 3.29. The van der Waals surface area contributed by atoms with Crippen molar-refractivity contribution in [3.63, 3.8) is 0 Å². The van der Waals surface area contributed by atoms with Crippen LogP contribution in [0.4, 0.5) is 0 Å². The predicted octanol–water partition coefficient (Wildman–Crippen LogP) is 13.8. The van der Waals surface area contributed by atoms with Crippen molar-refractivity contribution >= 4 is 21.5 Å². The predicted molar refractivity (Wildman–Crippen MR) is 233 cm³/mol. The Hall–Kier alpha value is -7.49. The molecule has 9 aromatic carbocycles. The number of rotatable bonds is 7. The topological polar surface area (TPSA) is 38.7 Å². The van der Waals surface area contributed by atoms with Crippen LogP contribution in [0.1, 0.15) is 0 Å². The number of nitrogens with zero attached hydrogens (tertiary/aromatic N) is 3. The third-order valence-corrected chi connectivity index (χ3v) is 10.5. The highest BCUT2D eigenvalue weighted by molar-refractivity contribution is 5.96.